The number of nitrogens with one attached hydrogen (secondary N) is 1. The molecule has 4 rings (SSSR count). The summed E-state index contributed by atoms with van der Waals surface area (Å²) < 4.78 is 11.0. The quantitative estimate of drug-likeness (QED) is 0.0888. The second-order valence-corrected chi connectivity index (χ2v) is 10.3. The van der Waals surface area contributed by atoms with E-state index in [1.54, 1.807) is 48.7 Å². The van der Waals surface area contributed by atoms with Crippen LogP contribution in [0.5, 0.6) is 0 Å². The van der Waals surface area contributed by atoms with Gasteiger partial charge in [-0.15, -0.1) is 11.3 Å². The van der Waals surface area contributed by atoms with Gasteiger partial charge >= 0.3 is 5.97 Å². The van der Waals surface area contributed by atoms with Crippen molar-refractivity contribution >= 4 is 57.6 Å². The van der Waals surface area contributed by atoms with Crippen molar-refractivity contribution in [3.8, 4) is 17.4 Å². The molecule has 10 heteroatoms. The molecule has 0 spiro atoms. The molecule has 2 aromatic heterocycles. The minimum atomic E-state index is -0.608. The SMILES string of the molecule is CCCCOC(=O)c1ccc(-c2ccc(/C=C(\C#N)C(=O)Nc3ncc(Cc4cccc(Cl)c4Cl)s3)o2)cc1. The lowest BCUT2D eigenvalue weighted by Gasteiger charge is -2.04. The maximum Gasteiger partial charge on any atom is 0.338 e. The Bertz CT molecular complexity index is 1550. The first-order valence-corrected chi connectivity index (χ1v) is 13.6. The molecule has 0 bridgehead atoms. The van der Waals surface area contributed by atoms with E-state index in [4.69, 9.17) is 32.4 Å². The third-order valence-electron chi connectivity index (χ3n) is 5.58. The van der Waals surface area contributed by atoms with Crippen LogP contribution < -0.4 is 5.32 Å². The molecule has 2 aromatic carbocycles. The predicted molar refractivity (Wildman–Crippen MR) is 153 cm³/mol. The highest BCUT2D eigenvalue weighted by molar-refractivity contribution is 7.15. The van der Waals surface area contributed by atoms with E-state index in [1.807, 2.05) is 25.1 Å². The van der Waals surface area contributed by atoms with Gasteiger partial charge in [-0.05, 0) is 42.3 Å². The minimum absolute atomic E-state index is 0.143. The number of esters is 1. The van der Waals surface area contributed by atoms with Crippen molar-refractivity contribution in [1.29, 1.82) is 5.26 Å². The Labute approximate surface area is 239 Å². The first kappa shape index (κ1) is 28.1. The summed E-state index contributed by atoms with van der Waals surface area (Å²) in [7, 11) is 0. The van der Waals surface area contributed by atoms with Crippen LogP contribution in [0.3, 0.4) is 0 Å². The summed E-state index contributed by atoms with van der Waals surface area (Å²) in [5, 5.41) is 13.5. The van der Waals surface area contributed by atoms with Crippen LogP contribution in [0.15, 0.2) is 70.8 Å². The molecule has 198 valence electrons. The molecule has 2 heterocycles. The van der Waals surface area contributed by atoms with E-state index in [0.717, 1.165) is 28.8 Å². The number of furan rings is 1. The predicted octanol–water partition coefficient (Wildman–Crippen LogP) is 7.80. The molecule has 0 saturated heterocycles. The number of unbranched alkanes of at least 4 members (excludes halogenated alkanes) is 1. The van der Waals surface area contributed by atoms with Crippen molar-refractivity contribution in [3.05, 3.63) is 98.2 Å². The first-order valence-electron chi connectivity index (χ1n) is 12.1. The third kappa shape index (κ3) is 7.36. The van der Waals surface area contributed by atoms with Crippen molar-refractivity contribution in [1.82, 2.24) is 4.98 Å². The number of halogens is 2. The van der Waals surface area contributed by atoms with Gasteiger partial charge in [-0.3, -0.25) is 10.1 Å². The highest BCUT2D eigenvalue weighted by Crippen LogP contribution is 2.30. The second-order valence-electron chi connectivity index (χ2n) is 8.41. The van der Waals surface area contributed by atoms with E-state index in [0.29, 0.717) is 45.3 Å². The Morgan fingerprint density at radius 2 is 1.95 bits per heavy atom. The number of amides is 1. The zero-order valence-electron chi connectivity index (χ0n) is 20.9. The van der Waals surface area contributed by atoms with E-state index in [9.17, 15) is 14.9 Å². The average Bonchev–Trinajstić information content (AvgIpc) is 3.59. The number of hydrogen-bond donors (Lipinski definition) is 1. The van der Waals surface area contributed by atoms with Crippen LogP contribution in [0.2, 0.25) is 10.0 Å². The normalized spacial score (nSPS) is 11.2. The smallest absolute Gasteiger partial charge is 0.338 e. The van der Waals surface area contributed by atoms with Gasteiger partial charge in [0, 0.05) is 29.1 Å². The Kier molecular flexibility index (Phi) is 9.55. The van der Waals surface area contributed by atoms with Crippen LogP contribution >= 0.6 is 34.5 Å². The summed E-state index contributed by atoms with van der Waals surface area (Å²) in [6, 6.07) is 17.5. The van der Waals surface area contributed by atoms with Gasteiger partial charge in [0.15, 0.2) is 5.13 Å². The fraction of sp³-hybridized carbons (Fsp3) is 0.172. The van der Waals surface area contributed by atoms with Crippen LogP contribution in [0.25, 0.3) is 17.4 Å². The molecule has 39 heavy (non-hydrogen) atoms. The summed E-state index contributed by atoms with van der Waals surface area (Å²) in [6.07, 6.45) is 5.27. The van der Waals surface area contributed by atoms with E-state index in [-0.39, 0.29) is 11.5 Å². The number of nitriles is 1. The Hall–Kier alpha value is -3.90. The number of ether oxygens (including phenoxy) is 1. The standard InChI is InChI=1S/C29H23Cl2N3O4S/c1-2-3-13-37-28(36)19-9-7-18(8-10-19)25-12-11-22(38-25)14-21(16-32)27(35)34-29-33-17-23(39-29)15-20-5-4-6-24(30)26(20)31/h4-12,14,17H,2-3,13,15H2,1H3,(H,33,34,35)/b21-14+. The lowest BCUT2D eigenvalue weighted by Crippen LogP contribution is -2.13. The molecule has 0 aliphatic carbocycles. The molecule has 0 aliphatic heterocycles. The van der Waals surface area contributed by atoms with Gasteiger partial charge in [0.2, 0.25) is 0 Å². The molecular weight excluding hydrogens is 557 g/mol. The van der Waals surface area contributed by atoms with Gasteiger partial charge in [0.05, 0.1) is 22.2 Å². The second kappa shape index (κ2) is 13.3. The molecule has 0 aliphatic rings. The molecule has 1 N–H and O–H groups in total. The average molecular weight is 580 g/mol. The van der Waals surface area contributed by atoms with Crippen molar-refractivity contribution in [2.75, 3.05) is 11.9 Å². The van der Waals surface area contributed by atoms with Gasteiger partial charge in [-0.2, -0.15) is 5.26 Å². The van der Waals surface area contributed by atoms with Gasteiger partial charge < -0.3 is 9.15 Å². The van der Waals surface area contributed by atoms with Gasteiger partial charge in [0.25, 0.3) is 5.91 Å². The Balaban J connectivity index is 1.40. The van der Waals surface area contributed by atoms with E-state index in [1.165, 1.54) is 17.4 Å². The van der Waals surface area contributed by atoms with Gasteiger partial charge in [0.1, 0.15) is 23.2 Å². The number of aromatic nitrogens is 1. The number of thiazole rings is 1. The van der Waals surface area contributed by atoms with Crippen LogP contribution in [0.1, 0.15) is 46.3 Å². The van der Waals surface area contributed by atoms with E-state index < -0.39 is 5.91 Å². The Morgan fingerprint density at radius 3 is 2.69 bits per heavy atom. The number of hydrogen-bond acceptors (Lipinski definition) is 7. The highest BCUT2D eigenvalue weighted by atomic mass is 35.5. The van der Waals surface area contributed by atoms with Crippen LogP contribution in [-0.4, -0.2) is 23.5 Å². The summed E-state index contributed by atoms with van der Waals surface area (Å²) in [4.78, 5) is 29.9. The number of carbonyl (C=O) groups is 2. The zero-order chi connectivity index (χ0) is 27.8. The lowest BCUT2D eigenvalue weighted by atomic mass is 10.1. The minimum Gasteiger partial charge on any atom is -0.462 e. The number of rotatable bonds is 10. The molecule has 0 radical (unpaired) electrons. The van der Waals surface area contributed by atoms with Crippen LogP contribution in [0, 0.1) is 11.3 Å². The van der Waals surface area contributed by atoms with Crippen molar-refractivity contribution in [3.63, 3.8) is 0 Å². The zero-order valence-corrected chi connectivity index (χ0v) is 23.2. The lowest BCUT2D eigenvalue weighted by molar-refractivity contribution is -0.112. The molecule has 1 amide bonds. The van der Waals surface area contributed by atoms with Crippen molar-refractivity contribution in [2.24, 2.45) is 0 Å². The molecule has 0 saturated carbocycles. The molecule has 0 unspecified atom stereocenters. The first-order chi connectivity index (χ1) is 18.9. The van der Waals surface area contributed by atoms with Gasteiger partial charge in [-0.25, -0.2) is 9.78 Å². The number of anilines is 1. The summed E-state index contributed by atoms with van der Waals surface area (Å²) in [5.74, 6) is -0.129. The fourth-order valence-corrected chi connectivity index (χ4v) is 4.74. The highest BCUT2D eigenvalue weighted by Gasteiger charge is 2.15. The maximum absolute atomic E-state index is 12.7. The van der Waals surface area contributed by atoms with E-state index in [2.05, 4.69) is 10.3 Å². The number of benzene rings is 2. The monoisotopic (exact) mass is 579 g/mol. The molecule has 0 atom stereocenters. The summed E-state index contributed by atoms with van der Waals surface area (Å²) >= 11 is 13.6. The van der Waals surface area contributed by atoms with E-state index >= 15 is 0 Å². The topological polar surface area (TPSA) is 105 Å². The van der Waals surface area contributed by atoms with Gasteiger partial charge in [-0.1, -0.05) is 60.8 Å². The third-order valence-corrected chi connectivity index (χ3v) is 7.36. The maximum atomic E-state index is 12.7. The summed E-state index contributed by atoms with van der Waals surface area (Å²) in [6.45, 7) is 2.42. The molecule has 4 aromatic rings. The number of carbonyl (C=O) groups excluding carboxylic acids is 2. The molecular formula is C29H23Cl2N3O4S. The van der Waals surface area contributed by atoms with Crippen LogP contribution in [0.4, 0.5) is 5.13 Å². The van der Waals surface area contributed by atoms with Crippen molar-refractivity contribution in [2.45, 2.75) is 26.2 Å². The number of nitrogens with zero attached hydrogens (tertiary/aromatic N) is 2. The molecule has 0 fully saturated rings. The van der Waals surface area contributed by atoms with Crippen molar-refractivity contribution < 1.29 is 18.7 Å². The largest absolute Gasteiger partial charge is 0.462 e. The van der Waals surface area contributed by atoms with Crippen LogP contribution in [-0.2, 0) is 16.0 Å². The molecule has 7 nitrogen and oxygen atoms in total. The fourth-order valence-electron chi connectivity index (χ4n) is 3.52. The summed E-state index contributed by atoms with van der Waals surface area (Å²) in [5.41, 5.74) is 1.89. The Morgan fingerprint density at radius 1 is 1.15 bits per heavy atom.